The van der Waals surface area contributed by atoms with E-state index in [1.165, 1.54) is 30.2 Å². The van der Waals surface area contributed by atoms with Crippen molar-refractivity contribution >= 4 is 35.0 Å². The van der Waals surface area contributed by atoms with Crippen LogP contribution in [0.1, 0.15) is 32.1 Å². The van der Waals surface area contributed by atoms with E-state index in [0.29, 0.717) is 10.8 Å². The van der Waals surface area contributed by atoms with Crippen LogP contribution in [0.4, 0.5) is 11.6 Å². The molecule has 4 N–H and O–H groups in total. The van der Waals surface area contributed by atoms with Crippen molar-refractivity contribution in [3.63, 3.8) is 0 Å². The van der Waals surface area contributed by atoms with Crippen molar-refractivity contribution in [2.45, 2.75) is 48.1 Å². The molecular formula is C21H25ClN6S. The summed E-state index contributed by atoms with van der Waals surface area (Å²) in [6.45, 7) is 1.96. The van der Waals surface area contributed by atoms with Crippen LogP contribution in [0.3, 0.4) is 0 Å². The number of piperidine rings is 1. The molecule has 6 nitrogen and oxygen atoms in total. The van der Waals surface area contributed by atoms with Crippen LogP contribution in [0.25, 0.3) is 0 Å². The van der Waals surface area contributed by atoms with Gasteiger partial charge < -0.3 is 16.4 Å². The molecule has 2 aromatic rings. The Bertz CT molecular complexity index is 935. The van der Waals surface area contributed by atoms with E-state index in [2.05, 4.69) is 25.9 Å². The van der Waals surface area contributed by atoms with Crippen molar-refractivity contribution in [1.29, 1.82) is 0 Å². The zero-order valence-corrected chi connectivity index (χ0v) is 17.8. The van der Waals surface area contributed by atoms with E-state index in [1.807, 2.05) is 12.3 Å². The van der Waals surface area contributed by atoms with Crippen molar-refractivity contribution in [1.82, 2.24) is 15.0 Å². The van der Waals surface area contributed by atoms with Crippen LogP contribution in [0, 0.1) is 11.3 Å². The molecule has 0 unspecified atom stereocenters. The summed E-state index contributed by atoms with van der Waals surface area (Å²) in [6, 6.07) is 2.08. The summed E-state index contributed by atoms with van der Waals surface area (Å²) >= 11 is 7.66. The summed E-state index contributed by atoms with van der Waals surface area (Å²) in [5.74, 6) is 2.03. The van der Waals surface area contributed by atoms with Gasteiger partial charge in [-0.3, -0.25) is 0 Å². The Morgan fingerprint density at radius 1 is 1.14 bits per heavy atom. The maximum Gasteiger partial charge on any atom is 0.147 e. The molecule has 0 radical (unpaired) electrons. The molecule has 2 aliphatic carbocycles. The van der Waals surface area contributed by atoms with Crippen LogP contribution in [0.2, 0.25) is 5.02 Å². The Labute approximate surface area is 180 Å². The number of nitrogen functional groups attached to an aromatic ring is 1. The van der Waals surface area contributed by atoms with Crippen LogP contribution in [-0.2, 0) is 0 Å². The second-order valence-electron chi connectivity index (χ2n) is 8.33. The molecular weight excluding hydrogens is 404 g/mol. The van der Waals surface area contributed by atoms with Gasteiger partial charge >= 0.3 is 0 Å². The lowest BCUT2D eigenvalue weighted by atomic mass is 9.72. The summed E-state index contributed by atoms with van der Waals surface area (Å²) in [6.07, 6.45) is 13.8. The zero-order valence-electron chi connectivity index (χ0n) is 16.2. The summed E-state index contributed by atoms with van der Waals surface area (Å²) in [5.41, 5.74) is 14.3. The Kier molecular flexibility index (Phi) is 4.92. The van der Waals surface area contributed by atoms with E-state index in [-0.39, 0.29) is 11.5 Å². The minimum atomic E-state index is 0.250. The molecule has 152 valence electrons. The highest BCUT2D eigenvalue weighted by Crippen LogP contribution is 2.51. The number of aromatic nitrogens is 3. The van der Waals surface area contributed by atoms with Crippen LogP contribution in [0.5, 0.6) is 0 Å². The summed E-state index contributed by atoms with van der Waals surface area (Å²) in [4.78, 5) is 16.4. The Morgan fingerprint density at radius 2 is 1.93 bits per heavy atom. The SMILES string of the molecule is Nc1nccc(Sc2cnc(N3CCC4(CC=C(C5CC5)[C@H]4N)CC3)cn2)c1Cl. The van der Waals surface area contributed by atoms with E-state index < -0.39 is 0 Å². The van der Waals surface area contributed by atoms with Gasteiger partial charge in [0, 0.05) is 30.2 Å². The Hall–Kier alpha value is -1.83. The highest BCUT2D eigenvalue weighted by Gasteiger charge is 2.47. The fraction of sp³-hybridized carbons (Fsp3) is 0.476. The lowest BCUT2D eigenvalue weighted by molar-refractivity contribution is 0.203. The molecule has 3 aliphatic rings. The molecule has 29 heavy (non-hydrogen) atoms. The first-order valence-electron chi connectivity index (χ1n) is 10.2. The van der Waals surface area contributed by atoms with Gasteiger partial charge in [0.25, 0.3) is 0 Å². The molecule has 3 heterocycles. The van der Waals surface area contributed by atoms with Crippen molar-refractivity contribution in [3.05, 3.63) is 41.3 Å². The Balaban J connectivity index is 1.22. The number of anilines is 2. The maximum atomic E-state index is 6.69. The smallest absolute Gasteiger partial charge is 0.147 e. The third-order valence-electron chi connectivity index (χ3n) is 6.60. The largest absolute Gasteiger partial charge is 0.382 e. The van der Waals surface area contributed by atoms with Gasteiger partial charge in [0.2, 0.25) is 0 Å². The fourth-order valence-corrected chi connectivity index (χ4v) is 5.61. The van der Waals surface area contributed by atoms with E-state index in [1.54, 1.807) is 12.4 Å². The number of hydrogen-bond acceptors (Lipinski definition) is 7. The van der Waals surface area contributed by atoms with Gasteiger partial charge in [-0.05, 0) is 49.5 Å². The van der Waals surface area contributed by atoms with Crippen LogP contribution in [0.15, 0.2) is 46.2 Å². The minimum absolute atomic E-state index is 0.250. The second kappa shape index (κ2) is 7.45. The quantitative estimate of drug-likeness (QED) is 0.713. The van der Waals surface area contributed by atoms with Crippen molar-refractivity contribution in [3.8, 4) is 0 Å². The lowest BCUT2D eigenvalue weighted by Crippen LogP contribution is -2.48. The normalized spacial score (nSPS) is 23.4. The molecule has 1 atom stereocenters. The highest BCUT2D eigenvalue weighted by atomic mass is 35.5. The molecule has 2 aromatic heterocycles. The average Bonchev–Trinajstić information content (AvgIpc) is 3.53. The standard InChI is InChI=1S/C21H25ClN6S/c22-18-15(4-8-25-20(18)24)29-17-12-26-16(11-27-17)28-9-6-21(7-10-28)5-3-14(19(21)23)13-1-2-13/h3-4,8,11-13,19H,1-2,5-7,9-10,23H2,(H2,24,25)/t19-/m1/s1. The number of pyridine rings is 1. The topological polar surface area (TPSA) is 94.0 Å². The molecule has 0 amide bonds. The van der Waals surface area contributed by atoms with E-state index >= 15 is 0 Å². The van der Waals surface area contributed by atoms with Crippen LogP contribution < -0.4 is 16.4 Å². The van der Waals surface area contributed by atoms with Gasteiger partial charge in [-0.2, -0.15) is 0 Å². The molecule has 0 aromatic carbocycles. The van der Waals surface area contributed by atoms with Crippen molar-refractivity contribution in [2.24, 2.45) is 17.1 Å². The molecule has 0 bridgehead atoms. The minimum Gasteiger partial charge on any atom is -0.382 e. The van der Waals surface area contributed by atoms with E-state index in [9.17, 15) is 0 Å². The van der Waals surface area contributed by atoms with Crippen molar-refractivity contribution in [2.75, 3.05) is 23.7 Å². The van der Waals surface area contributed by atoms with Gasteiger partial charge in [0.05, 0.1) is 17.4 Å². The lowest BCUT2D eigenvalue weighted by Gasteiger charge is -2.43. The summed E-state index contributed by atoms with van der Waals surface area (Å²) in [5, 5.41) is 1.24. The van der Waals surface area contributed by atoms with Gasteiger partial charge in [-0.15, -0.1) is 0 Å². The van der Waals surface area contributed by atoms with Gasteiger partial charge in [0.15, 0.2) is 0 Å². The molecule has 8 heteroatoms. The third kappa shape index (κ3) is 3.60. The second-order valence-corrected chi connectivity index (χ2v) is 9.77. The molecule has 5 rings (SSSR count). The monoisotopic (exact) mass is 428 g/mol. The van der Waals surface area contributed by atoms with Gasteiger partial charge in [0.1, 0.15) is 16.7 Å². The molecule has 2 fully saturated rings. The summed E-state index contributed by atoms with van der Waals surface area (Å²) < 4.78 is 0. The van der Waals surface area contributed by atoms with Crippen LogP contribution >= 0.6 is 23.4 Å². The Morgan fingerprint density at radius 3 is 2.62 bits per heavy atom. The number of halogens is 1. The first-order valence-corrected chi connectivity index (χ1v) is 11.4. The maximum absolute atomic E-state index is 6.69. The molecule has 1 spiro atoms. The number of nitrogens with zero attached hydrogens (tertiary/aromatic N) is 4. The number of nitrogens with two attached hydrogens (primary N) is 2. The average molecular weight is 429 g/mol. The molecule has 1 saturated carbocycles. The van der Waals surface area contributed by atoms with Gasteiger partial charge in [-0.1, -0.05) is 35.0 Å². The van der Waals surface area contributed by atoms with Gasteiger partial charge in [-0.25, -0.2) is 15.0 Å². The number of allylic oxidation sites excluding steroid dienone is 1. The zero-order chi connectivity index (χ0) is 20.0. The predicted molar refractivity (Wildman–Crippen MR) is 117 cm³/mol. The molecule has 1 saturated heterocycles. The molecule has 1 aliphatic heterocycles. The fourth-order valence-electron chi connectivity index (χ4n) is 4.62. The first-order chi connectivity index (χ1) is 14.1. The summed E-state index contributed by atoms with van der Waals surface area (Å²) in [7, 11) is 0. The van der Waals surface area contributed by atoms with Crippen molar-refractivity contribution < 1.29 is 0 Å². The third-order valence-corrected chi connectivity index (χ3v) is 8.09. The highest BCUT2D eigenvalue weighted by molar-refractivity contribution is 7.99. The van der Waals surface area contributed by atoms with Crippen LogP contribution in [-0.4, -0.2) is 34.1 Å². The first kappa shape index (κ1) is 19.2. The number of hydrogen-bond donors (Lipinski definition) is 2. The number of rotatable bonds is 4. The van der Waals surface area contributed by atoms with E-state index in [4.69, 9.17) is 23.1 Å². The predicted octanol–water partition coefficient (Wildman–Crippen LogP) is 3.91. The van der Waals surface area contributed by atoms with E-state index in [0.717, 1.165) is 54.0 Å².